The maximum Gasteiger partial charge on any atom is 0.276 e. The summed E-state index contributed by atoms with van der Waals surface area (Å²) in [6.45, 7) is 1.01. The second-order valence-electron chi connectivity index (χ2n) is 6.54. The molecule has 9 heteroatoms. The fourth-order valence-electron chi connectivity index (χ4n) is 3.29. The number of fused-ring (bicyclic) bond motifs is 1. The first-order valence-corrected chi connectivity index (χ1v) is 10.3. The van der Waals surface area contributed by atoms with Crippen LogP contribution in [0.4, 0.5) is 5.69 Å². The van der Waals surface area contributed by atoms with E-state index < -0.39 is 15.9 Å². The molecule has 8 nitrogen and oxygen atoms in total. The predicted molar refractivity (Wildman–Crippen MR) is 105 cm³/mol. The van der Waals surface area contributed by atoms with E-state index in [1.807, 2.05) is 0 Å². The van der Waals surface area contributed by atoms with Gasteiger partial charge >= 0.3 is 0 Å². The van der Waals surface area contributed by atoms with Crippen LogP contribution in [0.15, 0.2) is 58.2 Å². The van der Waals surface area contributed by atoms with Crippen molar-refractivity contribution in [1.29, 1.82) is 0 Å². The fraction of sp³-hybridized carbons (Fsp3) is 0.211. The molecule has 1 aliphatic heterocycles. The third-order valence-corrected chi connectivity index (χ3v) is 6.60. The molecule has 4 rings (SSSR count). The molecule has 0 radical (unpaired) electrons. The van der Waals surface area contributed by atoms with Crippen molar-refractivity contribution in [1.82, 2.24) is 14.5 Å². The number of amides is 1. The van der Waals surface area contributed by atoms with Crippen molar-refractivity contribution >= 4 is 32.4 Å². The van der Waals surface area contributed by atoms with E-state index in [2.05, 4.69) is 15.5 Å². The SMILES string of the molecule is O=C(Nc1cccc(S(=O)(=O)N2CCCC2)c1)c1n[nH]c(=O)c2ccccc12. The van der Waals surface area contributed by atoms with Crippen LogP contribution < -0.4 is 10.9 Å². The number of aromatic nitrogens is 2. The smallest absolute Gasteiger partial charge is 0.276 e. The van der Waals surface area contributed by atoms with Crippen molar-refractivity contribution in [3.8, 4) is 0 Å². The van der Waals surface area contributed by atoms with Crippen molar-refractivity contribution in [3.63, 3.8) is 0 Å². The predicted octanol–water partition coefficient (Wildman–Crippen LogP) is 1.96. The Morgan fingerprint density at radius 2 is 1.75 bits per heavy atom. The van der Waals surface area contributed by atoms with Gasteiger partial charge < -0.3 is 5.32 Å². The second kappa shape index (κ2) is 7.17. The largest absolute Gasteiger partial charge is 0.321 e. The van der Waals surface area contributed by atoms with Crippen LogP contribution >= 0.6 is 0 Å². The van der Waals surface area contributed by atoms with Crippen LogP contribution in [0.2, 0.25) is 0 Å². The Balaban J connectivity index is 1.65. The van der Waals surface area contributed by atoms with E-state index in [1.54, 1.807) is 36.4 Å². The lowest BCUT2D eigenvalue weighted by atomic mass is 10.1. The minimum absolute atomic E-state index is 0.0583. The zero-order valence-electron chi connectivity index (χ0n) is 14.9. The van der Waals surface area contributed by atoms with Crippen LogP contribution in [0.3, 0.4) is 0 Å². The molecule has 1 saturated heterocycles. The van der Waals surface area contributed by atoms with Gasteiger partial charge in [0.1, 0.15) is 0 Å². The minimum atomic E-state index is -3.58. The summed E-state index contributed by atoms with van der Waals surface area (Å²) in [6.07, 6.45) is 1.70. The maximum atomic E-state index is 12.7. The summed E-state index contributed by atoms with van der Waals surface area (Å²) in [5.41, 5.74) is 0.0104. The van der Waals surface area contributed by atoms with Gasteiger partial charge in [-0.2, -0.15) is 9.40 Å². The molecule has 28 heavy (non-hydrogen) atoms. The molecular weight excluding hydrogens is 380 g/mol. The molecule has 0 unspecified atom stereocenters. The fourth-order valence-corrected chi connectivity index (χ4v) is 4.85. The number of H-pyrrole nitrogens is 1. The first-order chi connectivity index (χ1) is 13.5. The Morgan fingerprint density at radius 3 is 2.50 bits per heavy atom. The van der Waals surface area contributed by atoms with Gasteiger partial charge in [0.05, 0.1) is 10.3 Å². The van der Waals surface area contributed by atoms with Crippen LogP contribution in [0.1, 0.15) is 23.3 Å². The van der Waals surface area contributed by atoms with Crippen molar-refractivity contribution in [2.24, 2.45) is 0 Å². The molecule has 0 atom stereocenters. The zero-order chi connectivity index (χ0) is 19.7. The van der Waals surface area contributed by atoms with Crippen LogP contribution in [0, 0.1) is 0 Å². The van der Waals surface area contributed by atoms with Gasteiger partial charge in [0.15, 0.2) is 5.69 Å². The van der Waals surface area contributed by atoms with E-state index >= 15 is 0 Å². The van der Waals surface area contributed by atoms with Crippen molar-refractivity contribution in [3.05, 3.63) is 64.6 Å². The lowest BCUT2D eigenvalue weighted by molar-refractivity contribution is 0.102. The molecule has 1 aromatic heterocycles. The number of nitrogens with zero attached hydrogens (tertiary/aromatic N) is 2. The molecule has 1 amide bonds. The van der Waals surface area contributed by atoms with Crippen molar-refractivity contribution in [2.75, 3.05) is 18.4 Å². The number of hydrogen-bond acceptors (Lipinski definition) is 5. The Morgan fingerprint density at radius 1 is 1.04 bits per heavy atom. The highest BCUT2D eigenvalue weighted by atomic mass is 32.2. The van der Waals surface area contributed by atoms with Gasteiger partial charge in [-0.1, -0.05) is 24.3 Å². The molecule has 2 aromatic carbocycles. The number of aromatic amines is 1. The first kappa shape index (κ1) is 18.3. The number of nitrogens with one attached hydrogen (secondary N) is 2. The zero-order valence-corrected chi connectivity index (χ0v) is 15.7. The molecule has 1 aliphatic rings. The molecule has 2 N–H and O–H groups in total. The number of sulfonamides is 1. The van der Waals surface area contributed by atoms with E-state index in [1.165, 1.54) is 16.4 Å². The van der Waals surface area contributed by atoms with E-state index in [9.17, 15) is 18.0 Å². The normalized spacial score (nSPS) is 15.0. The average Bonchev–Trinajstić information content (AvgIpc) is 3.24. The number of carbonyl (C=O) groups excluding carboxylic acids is 1. The summed E-state index contributed by atoms with van der Waals surface area (Å²) in [7, 11) is -3.58. The number of anilines is 1. The molecule has 0 aliphatic carbocycles. The topological polar surface area (TPSA) is 112 Å². The third-order valence-electron chi connectivity index (χ3n) is 4.71. The van der Waals surface area contributed by atoms with Gasteiger partial charge in [0.25, 0.3) is 11.5 Å². The Bertz CT molecular complexity index is 1210. The highest BCUT2D eigenvalue weighted by molar-refractivity contribution is 7.89. The number of benzene rings is 2. The second-order valence-corrected chi connectivity index (χ2v) is 8.48. The number of hydrogen-bond donors (Lipinski definition) is 2. The van der Waals surface area contributed by atoms with Gasteiger partial charge in [0.2, 0.25) is 10.0 Å². The molecule has 2 heterocycles. The monoisotopic (exact) mass is 398 g/mol. The summed E-state index contributed by atoms with van der Waals surface area (Å²) in [4.78, 5) is 24.7. The van der Waals surface area contributed by atoms with Crippen molar-refractivity contribution in [2.45, 2.75) is 17.7 Å². The third kappa shape index (κ3) is 3.30. The highest BCUT2D eigenvalue weighted by Gasteiger charge is 2.27. The molecular formula is C19H18N4O4S. The Labute approximate surface area is 161 Å². The summed E-state index contributed by atoms with van der Waals surface area (Å²) in [5.74, 6) is -0.539. The van der Waals surface area contributed by atoms with Crippen LogP contribution in [0.25, 0.3) is 10.8 Å². The lowest BCUT2D eigenvalue weighted by Gasteiger charge is -2.16. The molecule has 144 valence electrons. The van der Waals surface area contributed by atoms with E-state index in [0.717, 1.165) is 12.8 Å². The first-order valence-electron chi connectivity index (χ1n) is 8.86. The minimum Gasteiger partial charge on any atom is -0.321 e. The lowest BCUT2D eigenvalue weighted by Crippen LogP contribution is -2.28. The summed E-state index contributed by atoms with van der Waals surface area (Å²) < 4.78 is 26.9. The summed E-state index contributed by atoms with van der Waals surface area (Å²) in [5, 5.41) is 9.62. The quantitative estimate of drug-likeness (QED) is 0.698. The van der Waals surface area contributed by atoms with E-state index in [-0.39, 0.29) is 16.1 Å². The van der Waals surface area contributed by atoms with E-state index in [4.69, 9.17) is 0 Å². The maximum absolute atomic E-state index is 12.7. The van der Waals surface area contributed by atoms with Gasteiger partial charge in [-0.3, -0.25) is 9.59 Å². The van der Waals surface area contributed by atoms with Gasteiger partial charge in [-0.15, -0.1) is 0 Å². The Hall–Kier alpha value is -3.04. The molecule has 0 bridgehead atoms. The van der Waals surface area contributed by atoms with Crippen LogP contribution in [-0.2, 0) is 10.0 Å². The summed E-state index contributed by atoms with van der Waals surface area (Å²) in [6, 6.07) is 12.8. The average molecular weight is 398 g/mol. The number of carbonyl (C=O) groups is 1. The van der Waals surface area contributed by atoms with Crippen LogP contribution in [0.5, 0.6) is 0 Å². The molecule has 1 fully saturated rings. The van der Waals surface area contributed by atoms with Crippen LogP contribution in [-0.4, -0.2) is 41.9 Å². The standard InChI is InChI=1S/C19H18N4O4S/c24-18-16-9-2-1-8-15(16)17(21-22-18)19(25)20-13-6-5-7-14(12-13)28(26,27)23-10-3-4-11-23/h1-2,5-9,12H,3-4,10-11H2,(H,20,25)(H,22,24). The Kier molecular flexibility index (Phi) is 4.70. The van der Waals surface area contributed by atoms with Gasteiger partial charge in [0, 0.05) is 24.2 Å². The molecule has 0 spiro atoms. The molecule has 0 saturated carbocycles. The van der Waals surface area contributed by atoms with E-state index in [0.29, 0.717) is 29.5 Å². The van der Waals surface area contributed by atoms with Crippen molar-refractivity contribution < 1.29 is 13.2 Å². The number of rotatable bonds is 4. The highest BCUT2D eigenvalue weighted by Crippen LogP contribution is 2.23. The van der Waals surface area contributed by atoms with Gasteiger partial charge in [-0.05, 0) is 37.1 Å². The van der Waals surface area contributed by atoms with Gasteiger partial charge in [-0.25, -0.2) is 13.5 Å². The molecule has 3 aromatic rings. The summed E-state index contributed by atoms with van der Waals surface area (Å²) >= 11 is 0.